The van der Waals surface area contributed by atoms with E-state index in [0.717, 1.165) is 54.4 Å². The average molecular weight is 1190 g/mol. The number of hydrogen-bond donors (Lipinski definition) is 2. The first-order valence-corrected chi connectivity index (χ1v) is 31.6. The number of ether oxygens (including phenoxy) is 7. The molecule has 0 saturated carbocycles. The second-order valence-electron chi connectivity index (χ2n) is 21.3. The van der Waals surface area contributed by atoms with Crippen LogP contribution in [0.4, 0.5) is 0 Å². The van der Waals surface area contributed by atoms with E-state index in [9.17, 15) is 27.0 Å². The van der Waals surface area contributed by atoms with Crippen LogP contribution in [0, 0.1) is 13.8 Å². The molecular formula is C67H76O15S2. The van der Waals surface area contributed by atoms with E-state index in [0.29, 0.717) is 23.1 Å². The van der Waals surface area contributed by atoms with Gasteiger partial charge in [0, 0.05) is 6.61 Å². The second kappa shape index (κ2) is 29.9. The number of unbranched alkanes of at least 4 members (excludes halogenated alkanes) is 5. The summed E-state index contributed by atoms with van der Waals surface area (Å²) in [7, 11) is -9.44. The van der Waals surface area contributed by atoms with Crippen molar-refractivity contribution in [1.82, 2.24) is 0 Å². The van der Waals surface area contributed by atoms with E-state index in [2.05, 4.69) is 6.92 Å². The number of aliphatic hydroxyl groups is 2. The van der Waals surface area contributed by atoms with Crippen LogP contribution >= 0.6 is 0 Å². The molecule has 7 aromatic rings. The fourth-order valence-corrected chi connectivity index (χ4v) is 12.7. The average Bonchev–Trinajstić information content (AvgIpc) is 1.12. The molecule has 0 radical (unpaired) electrons. The molecular weight excluding hydrogens is 1110 g/mol. The van der Waals surface area contributed by atoms with Crippen LogP contribution in [0.5, 0.6) is 0 Å². The molecule has 84 heavy (non-hydrogen) atoms. The van der Waals surface area contributed by atoms with Crippen molar-refractivity contribution >= 4 is 20.2 Å². The molecule has 0 unspecified atom stereocenters. The van der Waals surface area contributed by atoms with Gasteiger partial charge in [-0.2, -0.15) is 16.8 Å². The summed E-state index contributed by atoms with van der Waals surface area (Å²) in [5.74, 6) is 0. The Morgan fingerprint density at radius 3 is 1.29 bits per heavy atom. The van der Waals surface area contributed by atoms with Crippen LogP contribution in [0.3, 0.4) is 0 Å². The fraction of sp³-hybridized carbons (Fsp3) is 0.373. The van der Waals surface area contributed by atoms with Crippen molar-refractivity contribution in [2.45, 2.75) is 149 Å². The van der Waals surface area contributed by atoms with Crippen LogP contribution in [0.25, 0.3) is 0 Å². The molecule has 0 aliphatic carbocycles. The van der Waals surface area contributed by atoms with Crippen molar-refractivity contribution < 1.29 is 68.6 Å². The van der Waals surface area contributed by atoms with Crippen molar-refractivity contribution in [3.8, 4) is 0 Å². The van der Waals surface area contributed by atoms with Crippen LogP contribution in [0.1, 0.15) is 84.4 Å². The number of benzene rings is 7. The molecule has 0 bridgehead atoms. The zero-order valence-electron chi connectivity index (χ0n) is 47.6. The lowest BCUT2D eigenvalue weighted by Crippen LogP contribution is -2.66. The van der Waals surface area contributed by atoms with E-state index < -0.39 is 87.2 Å². The first kappa shape index (κ1) is 62.5. The molecule has 0 aromatic heterocycles. The normalized spacial score (nSPS) is 23.1. The summed E-state index contributed by atoms with van der Waals surface area (Å²) in [6.07, 6.45) is -11.1. The Balaban J connectivity index is 1.15. The minimum Gasteiger partial charge on any atom is -0.387 e. The Hall–Kier alpha value is -6.00. The largest absolute Gasteiger partial charge is 0.387 e. The summed E-state index contributed by atoms with van der Waals surface area (Å²) in [5.41, 5.74) is 3.74. The van der Waals surface area contributed by atoms with Gasteiger partial charge in [-0.1, -0.05) is 226 Å². The Morgan fingerprint density at radius 1 is 0.452 bits per heavy atom. The maximum absolute atomic E-state index is 14.8. The summed E-state index contributed by atoms with van der Waals surface area (Å²) < 4.78 is 118. The van der Waals surface area contributed by atoms with Gasteiger partial charge < -0.3 is 43.4 Å². The van der Waals surface area contributed by atoms with E-state index in [1.807, 2.05) is 166 Å². The van der Waals surface area contributed by atoms with E-state index in [1.54, 1.807) is 24.3 Å². The lowest BCUT2D eigenvalue weighted by atomic mass is 9.79. The molecule has 2 saturated heterocycles. The van der Waals surface area contributed by atoms with Gasteiger partial charge >= 0.3 is 0 Å². The van der Waals surface area contributed by atoms with Gasteiger partial charge in [-0.3, -0.25) is 8.37 Å². The van der Waals surface area contributed by atoms with Crippen molar-refractivity contribution in [2.24, 2.45) is 0 Å². The first-order valence-electron chi connectivity index (χ1n) is 28.8. The van der Waals surface area contributed by atoms with E-state index in [4.69, 9.17) is 41.5 Å². The molecule has 2 fully saturated rings. The molecule has 0 spiro atoms. The summed E-state index contributed by atoms with van der Waals surface area (Å²) >= 11 is 0. The van der Waals surface area contributed by atoms with Gasteiger partial charge in [0.2, 0.25) is 0 Å². The number of hydrogen-bond acceptors (Lipinski definition) is 15. The first-order chi connectivity index (χ1) is 40.8. The topological polar surface area (TPSA) is 192 Å². The van der Waals surface area contributed by atoms with E-state index in [-0.39, 0.29) is 42.8 Å². The standard InChI is InChI=1S/C67H76O15S2/c1-4-5-6-7-8-24-43-76-65-63(81-83(70,71)55-39-35-48(2)36-40-55)59(68)61(57(77-65)46-74-44-50-25-14-9-15-26-50)79-66-64(82-84(72,73)56-41-37-49(3)38-42-56)60(69)62(58(78-66)47-75-45-51-27-16-10-17-28-51)80-67(52-29-18-11-19-30-52,53-31-20-12-21-32-53)54-33-22-13-23-34-54/h9-23,25-42,57-66,68-69H,4-8,24,43-47H2,1-3H3/t57-,58-,59+,60+,61-,62-,63+,64+,65+,66-/m1/s1. The molecule has 17 heteroatoms. The summed E-state index contributed by atoms with van der Waals surface area (Å²) in [5, 5.41) is 26.3. The summed E-state index contributed by atoms with van der Waals surface area (Å²) in [4.78, 5) is -0.415. The number of aryl methyl sites for hydroxylation is 2. The highest BCUT2D eigenvalue weighted by molar-refractivity contribution is 7.87. The highest BCUT2D eigenvalue weighted by Crippen LogP contribution is 2.45. The van der Waals surface area contributed by atoms with Crippen LogP contribution in [-0.4, -0.2) is 108 Å². The van der Waals surface area contributed by atoms with Crippen molar-refractivity contribution in [3.63, 3.8) is 0 Å². The zero-order chi connectivity index (χ0) is 58.9. The smallest absolute Gasteiger partial charge is 0.297 e. The molecule has 2 aliphatic rings. The molecule has 15 nitrogen and oxygen atoms in total. The predicted molar refractivity (Wildman–Crippen MR) is 316 cm³/mol. The Morgan fingerprint density at radius 2 is 0.833 bits per heavy atom. The number of rotatable bonds is 29. The molecule has 9 rings (SSSR count). The predicted octanol–water partition coefficient (Wildman–Crippen LogP) is 10.9. The van der Waals surface area contributed by atoms with Crippen LogP contribution < -0.4 is 0 Å². The number of aliphatic hydroxyl groups excluding tert-OH is 2. The van der Waals surface area contributed by atoms with Gasteiger partial charge in [0.15, 0.2) is 24.8 Å². The minimum absolute atomic E-state index is 0.0968. The molecule has 446 valence electrons. The third kappa shape index (κ3) is 15.9. The molecule has 2 aliphatic heterocycles. The third-order valence-electron chi connectivity index (χ3n) is 15.0. The molecule has 10 atom stereocenters. The van der Waals surface area contributed by atoms with Crippen LogP contribution in [0.2, 0.25) is 0 Å². The molecule has 0 amide bonds. The minimum atomic E-state index is -4.80. The quantitative estimate of drug-likeness (QED) is 0.0255. The van der Waals surface area contributed by atoms with Gasteiger partial charge in [-0.25, -0.2) is 0 Å². The maximum atomic E-state index is 14.8. The molecule has 2 heterocycles. The zero-order valence-corrected chi connectivity index (χ0v) is 49.3. The fourth-order valence-electron chi connectivity index (χ4n) is 10.5. The van der Waals surface area contributed by atoms with Gasteiger partial charge in [0.25, 0.3) is 20.2 Å². The van der Waals surface area contributed by atoms with Crippen molar-refractivity contribution in [2.75, 3.05) is 19.8 Å². The SMILES string of the molecule is CCCCCCCCO[C@H]1O[C@H](COCc2ccccc2)[C@@H](O[C@H]2O[C@H](COCc3ccccc3)[C@@H](OC(c3ccccc3)(c3ccccc3)c3ccccc3)[C@H](O)[C@@H]2OS(=O)(=O)c2ccc(C)cc2)[C@H](O)[C@@H]1OS(=O)(=O)c1ccc(C)cc1. The van der Waals surface area contributed by atoms with Crippen LogP contribution in [0.15, 0.2) is 210 Å². The Bertz CT molecular complexity index is 3190. The lowest BCUT2D eigenvalue weighted by molar-refractivity contribution is -0.361. The van der Waals surface area contributed by atoms with Crippen molar-refractivity contribution in [3.05, 3.63) is 239 Å². The van der Waals surface area contributed by atoms with Gasteiger partial charge in [0.1, 0.15) is 42.2 Å². The van der Waals surface area contributed by atoms with Gasteiger partial charge in [-0.15, -0.1) is 0 Å². The highest BCUT2D eigenvalue weighted by Gasteiger charge is 2.57. The Labute approximate surface area is 494 Å². The van der Waals surface area contributed by atoms with E-state index >= 15 is 0 Å². The highest BCUT2D eigenvalue weighted by atomic mass is 32.2. The lowest BCUT2D eigenvalue weighted by Gasteiger charge is -2.50. The van der Waals surface area contributed by atoms with Crippen LogP contribution in [-0.2, 0) is 80.6 Å². The second-order valence-corrected chi connectivity index (χ2v) is 24.5. The summed E-state index contributed by atoms with van der Waals surface area (Å²) in [6.45, 7) is 5.57. The maximum Gasteiger partial charge on any atom is 0.297 e. The van der Waals surface area contributed by atoms with E-state index in [1.165, 1.54) is 24.3 Å². The van der Waals surface area contributed by atoms with Crippen molar-refractivity contribution in [1.29, 1.82) is 0 Å². The molecule has 2 N–H and O–H groups in total. The van der Waals surface area contributed by atoms with Gasteiger partial charge in [0.05, 0.1) is 36.2 Å². The summed E-state index contributed by atoms with van der Waals surface area (Å²) in [6, 6.07) is 59.2. The third-order valence-corrected chi connectivity index (χ3v) is 17.7. The Kier molecular flexibility index (Phi) is 22.2. The van der Waals surface area contributed by atoms with Gasteiger partial charge in [-0.05, 0) is 72.4 Å². The monoisotopic (exact) mass is 1180 g/mol. The molecule has 7 aromatic carbocycles.